The van der Waals surface area contributed by atoms with Gasteiger partial charge in [-0.1, -0.05) is 0 Å². The molecule has 0 bridgehead atoms. The maximum absolute atomic E-state index is 12.2. The van der Waals surface area contributed by atoms with Gasteiger partial charge in [-0.25, -0.2) is 4.79 Å². The van der Waals surface area contributed by atoms with Crippen molar-refractivity contribution in [3.63, 3.8) is 0 Å². The molecule has 2 aliphatic heterocycles. The molecule has 2 rings (SSSR count). The van der Waals surface area contributed by atoms with E-state index >= 15 is 0 Å². The van der Waals surface area contributed by atoms with E-state index in [4.69, 9.17) is 9.47 Å². The molecular weight excluding hydrogens is 355 g/mol. The van der Waals surface area contributed by atoms with E-state index in [1.54, 1.807) is 0 Å². The van der Waals surface area contributed by atoms with Crippen molar-refractivity contribution in [2.75, 3.05) is 39.5 Å². The van der Waals surface area contributed by atoms with Gasteiger partial charge < -0.3 is 25.0 Å². The molecule has 3 amide bonds. The second kappa shape index (κ2) is 9.96. The fraction of sp³-hybridized carbons (Fsp3) is 0.875. The molecule has 10 heteroatoms. The molecule has 0 aromatic rings. The van der Waals surface area contributed by atoms with Gasteiger partial charge in [0.1, 0.15) is 12.6 Å². The predicted molar refractivity (Wildman–Crippen MR) is 86.6 cm³/mol. The molecule has 2 saturated heterocycles. The van der Waals surface area contributed by atoms with E-state index in [2.05, 4.69) is 5.32 Å². The van der Waals surface area contributed by atoms with Gasteiger partial charge in [0.15, 0.2) is 0 Å². The normalized spacial score (nSPS) is 23.3. The molecule has 2 unspecified atom stereocenters. The van der Waals surface area contributed by atoms with Crippen molar-refractivity contribution in [3.05, 3.63) is 0 Å². The summed E-state index contributed by atoms with van der Waals surface area (Å²) in [6.45, 7) is 1.14. The van der Waals surface area contributed by atoms with Crippen LogP contribution in [-0.4, -0.2) is 74.6 Å². The molecule has 2 heterocycles. The second-order valence-corrected chi connectivity index (χ2v) is 6.48. The summed E-state index contributed by atoms with van der Waals surface area (Å²) in [4.78, 5) is 25.3. The number of halogens is 3. The van der Waals surface area contributed by atoms with Gasteiger partial charge in [-0.05, 0) is 32.1 Å². The SMILES string of the molecule is O=C(NCC(F)(F)F)C1CCCN1C(=O)NCCCOCC1CCCO1. The summed E-state index contributed by atoms with van der Waals surface area (Å²) in [5.41, 5.74) is 0. The fourth-order valence-electron chi connectivity index (χ4n) is 3.05. The van der Waals surface area contributed by atoms with E-state index in [1.165, 1.54) is 4.90 Å². The Hall–Kier alpha value is -1.55. The first-order valence-electron chi connectivity index (χ1n) is 8.95. The maximum Gasteiger partial charge on any atom is 0.405 e. The van der Waals surface area contributed by atoms with Crippen LogP contribution in [0.3, 0.4) is 0 Å². The van der Waals surface area contributed by atoms with E-state index in [0.717, 1.165) is 19.4 Å². The van der Waals surface area contributed by atoms with E-state index in [9.17, 15) is 22.8 Å². The number of rotatable bonds is 8. The Morgan fingerprint density at radius 3 is 2.69 bits per heavy atom. The van der Waals surface area contributed by atoms with Crippen molar-refractivity contribution in [1.29, 1.82) is 0 Å². The van der Waals surface area contributed by atoms with Gasteiger partial charge in [-0.3, -0.25) is 4.79 Å². The predicted octanol–water partition coefficient (Wildman–Crippen LogP) is 1.42. The zero-order valence-corrected chi connectivity index (χ0v) is 14.6. The molecule has 0 saturated carbocycles. The van der Waals surface area contributed by atoms with Crippen LogP contribution in [0.1, 0.15) is 32.1 Å². The molecule has 0 aromatic carbocycles. The van der Waals surface area contributed by atoms with Crippen molar-refractivity contribution in [2.45, 2.75) is 50.4 Å². The number of nitrogens with zero attached hydrogens (tertiary/aromatic N) is 1. The van der Waals surface area contributed by atoms with Crippen LogP contribution in [0.15, 0.2) is 0 Å². The zero-order chi connectivity index (χ0) is 19.0. The van der Waals surface area contributed by atoms with Gasteiger partial charge in [-0.2, -0.15) is 13.2 Å². The van der Waals surface area contributed by atoms with Crippen LogP contribution in [-0.2, 0) is 14.3 Å². The molecule has 2 atom stereocenters. The first-order chi connectivity index (χ1) is 12.4. The minimum Gasteiger partial charge on any atom is -0.379 e. The van der Waals surface area contributed by atoms with E-state index in [-0.39, 0.29) is 6.10 Å². The standard InChI is InChI=1S/C16H26F3N3O4/c17-16(18,19)11-21-14(23)13-5-1-7-22(13)15(24)20-6-3-8-25-10-12-4-2-9-26-12/h12-13H,1-11H2,(H,20,24)(H,21,23). The highest BCUT2D eigenvalue weighted by Gasteiger charge is 2.36. The fourth-order valence-corrected chi connectivity index (χ4v) is 3.05. The van der Waals surface area contributed by atoms with Gasteiger partial charge in [-0.15, -0.1) is 0 Å². The van der Waals surface area contributed by atoms with Crippen LogP contribution in [0.25, 0.3) is 0 Å². The average Bonchev–Trinajstić information content (AvgIpc) is 3.26. The highest BCUT2D eigenvalue weighted by atomic mass is 19.4. The molecular formula is C16H26F3N3O4. The quantitative estimate of drug-likeness (QED) is 0.624. The Morgan fingerprint density at radius 1 is 1.19 bits per heavy atom. The van der Waals surface area contributed by atoms with Gasteiger partial charge in [0, 0.05) is 26.3 Å². The van der Waals surface area contributed by atoms with E-state index in [0.29, 0.717) is 45.6 Å². The number of urea groups is 1. The van der Waals surface area contributed by atoms with Gasteiger partial charge in [0.25, 0.3) is 0 Å². The highest BCUT2D eigenvalue weighted by Crippen LogP contribution is 2.18. The molecule has 0 spiro atoms. The largest absolute Gasteiger partial charge is 0.405 e. The van der Waals surface area contributed by atoms with Crippen LogP contribution >= 0.6 is 0 Å². The topological polar surface area (TPSA) is 79.9 Å². The third kappa shape index (κ3) is 6.99. The number of likely N-dealkylation sites (tertiary alicyclic amines) is 1. The Bertz CT molecular complexity index is 470. The summed E-state index contributed by atoms with van der Waals surface area (Å²) >= 11 is 0. The van der Waals surface area contributed by atoms with Crippen molar-refractivity contribution >= 4 is 11.9 Å². The number of nitrogens with one attached hydrogen (secondary N) is 2. The van der Waals surface area contributed by atoms with Crippen LogP contribution in [0.4, 0.5) is 18.0 Å². The number of amides is 3. The first-order valence-corrected chi connectivity index (χ1v) is 8.95. The monoisotopic (exact) mass is 381 g/mol. The number of hydrogen-bond donors (Lipinski definition) is 2. The summed E-state index contributed by atoms with van der Waals surface area (Å²) in [5.74, 6) is -0.769. The number of hydrogen-bond acceptors (Lipinski definition) is 4. The molecule has 0 aromatic heterocycles. The van der Waals surface area contributed by atoms with E-state index in [1.807, 2.05) is 5.32 Å². The molecule has 150 valence electrons. The molecule has 7 nitrogen and oxygen atoms in total. The minimum absolute atomic E-state index is 0.158. The number of ether oxygens (including phenoxy) is 2. The number of carbonyl (C=O) groups is 2. The lowest BCUT2D eigenvalue weighted by Crippen LogP contribution is -2.51. The summed E-state index contributed by atoms with van der Waals surface area (Å²) in [5, 5.41) is 4.53. The van der Waals surface area contributed by atoms with Gasteiger partial charge in [0.05, 0.1) is 12.7 Å². The molecule has 0 aliphatic carbocycles. The van der Waals surface area contributed by atoms with Crippen molar-refractivity contribution in [2.24, 2.45) is 0 Å². The highest BCUT2D eigenvalue weighted by molar-refractivity contribution is 5.87. The summed E-state index contributed by atoms with van der Waals surface area (Å²) in [7, 11) is 0. The third-order valence-electron chi connectivity index (χ3n) is 4.35. The molecule has 2 fully saturated rings. The number of carbonyl (C=O) groups excluding carboxylic acids is 2. The summed E-state index contributed by atoms with van der Waals surface area (Å²) < 4.78 is 47.5. The second-order valence-electron chi connectivity index (χ2n) is 6.48. The molecule has 0 radical (unpaired) electrons. The lowest BCUT2D eigenvalue weighted by atomic mass is 10.2. The molecule has 2 N–H and O–H groups in total. The summed E-state index contributed by atoms with van der Waals surface area (Å²) in [6, 6.07) is -1.29. The summed E-state index contributed by atoms with van der Waals surface area (Å²) in [6.07, 6.45) is -0.697. The zero-order valence-electron chi connectivity index (χ0n) is 14.6. The number of alkyl halides is 3. The minimum atomic E-state index is -4.47. The van der Waals surface area contributed by atoms with Crippen LogP contribution in [0.2, 0.25) is 0 Å². The van der Waals surface area contributed by atoms with Crippen molar-refractivity contribution in [3.8, 4) is 0 Å². The smallest absolute Gasteiger partial charge is 0.379 e. The van der Waals surface area contributed by atoms with Crippen LogP contribution in [0.5, 0.6) is 0 Å². The Morgan fingerprint density at radius 2 is 2.00 bits per heavy atom. The lowest BCUT2D eigenvalue weighted by molar-refractivity contribution is -0.140. The first kappa shape index (κ1) is 20.8. The Labute approximate surface area is 150 Å². The van der Waals surface area contributed by atoms with E-state index < -0.39 is 30.7 Å². The molecule has 2 aliphatic rings. The maximum atomic E-state index is 12.2. The van der Waals surface area contributed by atoms with Gasteiger partial charge in [0.2, 0.25) is 5.91 Å². The van der Waals surface area contributed by atoms with Crippen molar-refractivity contribution < 1.29 is 32.2 Å². The lowest BCUT2D eigenvalue weighted by Gasteiger charge is -2.24. The van der Waals surface area contributed by atoms with Gasteiger partial charge >= 0.3 is 12.2 Å². The average molecular weight is 381 g/mol. The Kier molecular flexibility index (Phi) is 7.95. The van der Waals surface area contributed by atoms with Crippen LogP contribution < -0.4 is 10.6 Å². The Balaban J connectivity index is 1.61. The molecule has 26 heavy (non-hydrogen) atoms. The third-order valence-corrected chi connectivity index (χ3v) is 4.35. The van der Waals surface area contributed by atoms with Crippen LogP contribution in [0, 0.1) is 0 Å². The van der Waals surface area contributed by atoms with Crippen molar-refractivity contribution in [1.82, 2.24) is 15.5 Å².